The van der Waals surface area contributed by atoms with E-state index >= 15 is 0 Å². The van der Waals surface area contributed by atoms with Crippen LogP contribution >= 0.6 is 11.3 Å². The topological polar surface area (TPSA) is 82.7 Å². The minimum atomic E-state index is -4.44. The van der Waals surface area contributed by atoms with E-state index < -0.39 is 42.0 Å². The Morgan fingerprint density at radius 2 is 1.85 bits per heavy atom. The highest BCUT2D eigenvalue weighted by atomic mass is 32.1. The maximum absolute atomic E-state index is 13.3. The normalized spacial score (nSPS) is 15.7. The molecular weight excluding hydrogens is 459 g/mol. The molecule has 0 amide bonds. The summed E-state index contributed by atoms with van der Waals surface area (Å²) in [6.07, 6.45) is -1.19. The number of fused-ring (bicyclic) bond motifs is 1. The van der Waals surface area contributed by atoms with Gasteiger partial charge in [-0.15, -0.1) is 11.3 Å². The second-order valence-electron chi connectivity index (χ2n) is 9.24. The van der Waals surface area contributed by atoms with Crippen LogP contribution in [0, 0.1) is 6.92 Å². The molecule has 0 saturated heterocycles. The van der Waals surface area contributed by atoms with Gasteiger partial charge in [0.05, 0.1) is 16.7 Å². The molecule has 33 heavy (non-hydrogen) atoms. The Bertz CT molecular complexity index is 1180. The molecular formula is C22H28F3N3O4S. The number of nitrogens with zero attached hydrogens (tertiary/aromatic N) is 3. The number of aliphatic imine (C=N–C) groups is 1. The summed E-state index contributed by atoms with van der Waals surface area (Å²) in [6.45, 7) is 6.08. The summed E-state index contributed by atoms with van der Waals surface area (Å²) in [5.74, 6) is -0.525. The zero-order chi connectivity index (χ0) is 24.6. The highest BCUT2D eigenvalue weighted by molar-refractivity contribution is 7.20. The number of hydrogen-bond donors (Lipinski definition) is 0. The number of carbonyl (C=O) groups excluding carboxylic acids is 1. The average molecular weight is 488 g/mol. The summed E-state index contributed by atoms with van der Waals surface area (Å²) in [7, 11) is 0. The smallest absolute Gasteiger partial charge is 0.390 e. The summed E-state index contributed by atoms with van der Waals surface area (Å²) in [5.41, 5.74) is -1.31. The maximum atomic E-state index is 13.3. The molecule has 0 N–H and O–H groups in total. The average Bonchev–Trinajstić information content (AvgIpc) is 3.28. The van der Waals surface area contributed by atoms with E-state index in [0.29, 0.717) is 23.3 Å². The van der Waals surface area contributed by atoms with E-state index in [0.717, 1.165) is 33.3 Å². The van der Waals surface area contributed by atoms with Crippen molar-refractivity contribution < 1.29 is 22.7 Å². The van der Waals surface area contributed by atoms with Crippen LogP contribution in [0.2, 0.25) is 0 Å². The van der Waals surface area contributed by atoms with E-state index in [2.05, 4.69) is 4.99 Å². The molecule has 11 heteroatoms. The van der Waals surface area contributed by atoms with Crippen molar-refractivity contribution in [3.05, 3.63) is 31.3 Å². The second kappa shape index (κ2) is 9.44. The van der Waals surface area contributed by atoms with Gasteiger partial charge in [-0.3, -0.25) is 23.7 Å². The van der Waals surface area contributed by atoms with E-state index in [9.17, 15) is 27.6 Å². The van der Waals surface area contributed by atoms with Crippen molar-refractivity contribution in [2.75, 3.05) is 6.54 Å². The van der Waals surface area contributed by atoms with E-state index in [1.54, 1.807) is 27.7 Å². The number of thiophene rings is 1. The molecule has 0 unspecified atom stereocenters. The third kappa shape index (κ3) is 5.93. The van der Waals surface area contributed by atoms with Crippen LogP contribution in [0.15, 0.2) is 14.6 Å². The van der Waals surface area contributed by atoms with Crippen molar-refractivity contribution in [2.24, 2.45) is 4.99 Å². The predicted octanol–water partition coefficient (Wildman–Crippen LogP) is 4.36. The third-order valence-electron chi connectivity index (χ3n) is 5.44. The molecule has 1 fully saturated rings. The molecule has 3 rings (SSSR count). The SMILES string of the molecule is Cc1c(C=NCC(=O)OC(C)(C)C)sc2c1c(=O)n(C1CCCC1)c(=O)n2CCC(F)(F)F. The first-order valence-electron chi connectivity index (χ1n) is 10.9. The molecule has 182 valence electrons. The fraction of sp³-hybridized carbons (Fsp3) is 0.636. The Morgan fingerprint density at radius 3 is 2.42 bits per heavy atom. The first-order chi connectivity index (χ1) is 15.3. The summed E-state index contributed by atoms with van der Waals surface area (Å²) in [4.78, 5) is 43.1. The molecule has 0 bridgehead atoms. The summed E-state index contributed by atoms with van der Waals surface area (Å²) in [5, 5.41) is 0.229. The van der Waals surface area contributed by atoms with Crippen LogP contribution < -0.4 is 11.2 Å². The number of carbonyl (C=O) groups is 1. The number of esters is 1. The molecule has 0 spiro atoms. The molecule has 1 aliphatic rings. The Morgan fingerprint density at radius 1 is 1.21 bits per heavy atom. The molecule has 0 aliphatic heterocycles. The lowest BCUT2D eigenvalue weighted by Gasteiger charge is -2.18. The highest BCUT2D eigenvalue weighted by Gasteiger charge is 2.30. The van der Waals surface area contributed by atoms with Gasteiger partial charge >= 0.3 is 17.8 Å². The highest BCUT2D eigenvalue weighted by Crippen LogP contribution is 2.31. The minimum Gasteiger partial charge on any atom is -0.459 e. The number of hydrogen-bond acceptors (Lipinski definition) is 6. The van der Waals surface area contributed by atoms with Gasteiger partial charge in [-0.1, -0.05) is 12.8 Å². The molecule has 0 aromatic carbocycles. The van der Waals surface area contributed by atoms with Gasteiger partial charge in [0.25, 0.3) is 5.56 Å². The summed E-state index contributed by atoms with van der Waals surface area (Å²) >= 11 is 1.03. The van der Waals surface area contributed by atoms with Gasteiger partial charge in [0.15, 0.2) is 0 Å². The van der Waals surface area contributed by atoms with Crippen LogP contribution in [0.1, 0.15) is 69.4 Å². The Hall–Kier alpha value is -2.43. The van der Waals surface area contributed by atoms with E-state index in [-0.39, 0.29) is 22.8 Å². The standard InChI is InChI=1S/C22H28F3N3O4S/c1-13-15(11-26-12-16(29)32-21(2,3)4)33-19-17(13)18(30)28(14-7-5-6-8-14)20(31)27(19)10-9-22(23,24)25/h11,14H,5-10,12H2,1-4H3. The van der Waals surface area contributed by atoms with Gasteiger partial charge in [-0.2, -0.15) is 13.2 Å². The van der Waals surface area contributed by atoms with Crippen LogP contribution in [-0.2, 0) is 16.1 Å². The van der Waals surface area contributed by atoms with E-state index in [4.69, 9.17) is 4.74 Å². The van der Waals surface area contributed by atoms with Gasteiger partial charge in [0, 0.05) is 18.8 Å². The maximum Gasteiger partial charge on any atom is 0.390 e. The van der Waals surface area contributed by atoms with Crippen LogP contribution in [-0.4, -0.2) is 39.6 Å². The minimum absolute atomic E-state index is 0.194. The lowest BCUT2D eigenvalue weighted by atomic mass is 10.2. The van der Waals surface area contributed by atoms with Gasteiger partial charge in [0.1, 0.15) is 17.0 Å². The number of halogens is 3. The molecule has 2 aromatic rings. The Balaban J connectivity index is 2.06. The quantitative estimate of drug-likeness (QED) is 0.448. The zero-order valence-corrected chi connectivity index (χ0v) is 19.9. The number of aryl methyl sites for hydroxylation is 2. The van der Waals surface area contributed by atoms with E-state index in [1.165, 1.54) is 6.21 Å². The van der Waals surface area contributed by atoms with Crippen molar-refractivity contribution in [2.45, 2.75) is 84.2 Å². The van der Waals surface area contributed by atoms with Crippen LogP contribution in [0.3, 0.4) is 0 Å². The number of rotatable bonds is 6. The van der Waals surface area contributed by atoms with Gasteiger partial charge in [0.2, 0.25) is 0 Å². The van der Waals surface area contributed by atoms with Crippen molar-refractivity contribution in [3.8, 4) is 0 Å². The van der Waals surface area contributed by atoms with Gasteiger partial charge in [-0.25, -0.2) is 4.79 Å². The Labute approximate surface area is 192 Å². The molecule has 0 radical (unpaired) electrons. The van der Waals surface area contributed by atoms with Crippen LogP contribution in [0.4, 0.5) is 13.2 Å². The van der Waals surface area contributed by atoms with Crippen LogP contribution in [0.25, 0.3) is 10.2 Å². The lowest BCUT2D eigenvalue weighted by Crippen LogP contribution is -2.42. The van der Waals surface area contributed by atoms with Gasteiger partial charge in [-0.05, 0) is 46.1 Å². The number of aromatic nitrogens is 2. The van der Waals surface area contributed by atoms with Crippen molar-refractivity contribution in [1.82, 2.24) is 9.13 Å². The number of ether oxygens (including phenoxy) is 1. The van der Waals surface area contributed by atoms with Crippen molar-refractivity contribution in [1.29, 1.82) is 0 Å². The monoisotopic (exact) mass is 487 g/mol. The van der Waals surface area contributed by atoms with Crippen LogP contribution in [0.5, 0.6) is 0 Å². The fourth-order valence-electron chi connectivity index (χ4n) is 4.00. The molecule has 1 aliphatic carbocycles. The first-order valence-corrected chi connectivity index (χ1v) is 11.7. The van der Waals surface area contributed by atoms with Gasteiger partial charge < -0.3 is 4.74 Å². The molecule has 7 nitrogen and oxygen atoms in total. The van der Waals surface area contributed by atoms with Crippen molar-refractivity contribution >= 4 is 33.7 Å². The lowest BCUT2D eigenvalue weighted by molar-refractivity contribution is -0.152. The number of alkyl halides is 3. The second-order valence-corrected chi connectivity index (χ2v) is 10.3. The molecule has 2 aromatic heterocycles. The molecule has 1 saturated carbocycles. The summed E-state index contributed by atoms with van der Waals surface area (Å²) < 4.78 is 46.3. The fourth-order valence-corrected chi connectivity index (χ4v) is 5.21. The zero-order valence-electron chi connectivity index (χ0n) is 19.1. The third-order valence-corrected chi connectivity index (χ3v) is 6.69. The predicted molar refractivity (Wildman–Crippen MR) is 122 cm³/mol. The van der Waals surface area contributed by atoms with Crippen molar-refractivity contribution in [3.63, 3.8) is 0 Å². The summed E-state index contributed by atoms with van der Waals surface area (Å²) in [6, 6.07) is -0.310. The molecule has 0 atom stereocenters. The Kier molecular flexibility index (Phi) is 7.21. The largest absolute Gasteiger partial charge is 0.459 e. The van der Waals surface area contributed by atoms with E-state index in [1.807, 2.05) is 0 Å². The molecule has 2 heterocycles. The first kappa shape index (κ1) is 25.2.